The van der Waals surface area contributed by atoms with E-state index in [0.29, 0.717) is 0 Å². The summed E-state index contributed by atoms with van der Waals surface area (Å²) in [4.78, 5) is 23.7. The van der Waals surface area contributed by atoms with Crippen LogP contribution in [-0.4, -0.2) is 30.7 Å². The molecule has 0 aromatic heterocycles. The molecule has 1 aliphatic heterocycles. The minimum absolute atomic E-state index is 0.151. The largest absolute Gasteiger partial charge is 0.492 e. The van der Waals surface area contributed by atoms with Crippen molar-refractivity contribution in [2.45, 2.75) is 19.0 Å². The second kappa shape index (κ2) is 7.29. The highest BCUT2D eigenvalue weighted by Gasteiger charge is 2.65. The summed E-state index contributed by atoms with van der Waals surface area (Å²) in [6.45, 7) is 1.85. The Morgan fingerprint density at radius 3 is 2.11 bits per heavy atom. The number of ether oxygens (including phenoxy) is 3. The van der Waals surface area contributed by atoms with Crippen molar-refractivity contribution in [3.05, 3.63) is 54.1 Å². The molecule has 0 radical (unpaired) electrons. The Morgan fingerprint density at radius 2 is 1.61 bits per heavy atom. The molecular formula is C18H15F3N2O5. The number of hydrogen-bond donors (Lipinski definition) is 2. The van der Waals surface area contributed by atoms with Crippen LogP contribution in [0.3, 0.4) is 0 Å². The Hall–Kier alpha value is -3.43. The van der Waals surface area contributed by atoms with Crippen molar-refractivity contribution in [3.63, 3.8) is 0 Å². The van der Waals surface area contributed by atoms with Gasteiger partial charge in [0.1, 0.15) is 0 Å². The molecular weight excluding hydrogens is 381 g/mol. The minimum Gasteiger partial charge on any atom is -0.462 e. The van der Waals surface area contributed by atoms with E-state index in [1.54, 1.807) is 12.2 Å². The summed E-state index contributed by atoms with van der Waals surface area (Å²) in [6.07, 6.45) is -5.06. The Kier molecular flexibility index (Phi) is 5.04. The zero-order valence-corrected chi connectivity index (χ0v) is 14.5. The SMILES string of the molecule is CCOC(=O)c1ccc(NC(=O)NC2(C(F)(F)F)Oc3ccccc3O2)cc1. The van der Waals surface area contributed by atoms with Gasteiger partial charge in [-0.1, -0.05) is 12.1 Å². The van der Waals surface area contributed by atoms with Gasteiger partial charge in [0.15, 0.2) is 11.5 Å². The van der Waals surface area contributed by atoms with Crippen LogP contribution in [0, 0.1) is 0 Å². The number of fused-ring (bicyclic) bond motifs is 1. The molecule has 28 heavy (non-hydrogen) atoms. The predicted octanol–water partition coefficient (Wildman–Crippen LogP) is 3.67. The molecule has 0 unspecified atom stereocenters. The number of rotatable bonds is 4. The van der Waals surface area contributed by atoms with E-state index in [4.69, 9.17) is 14.2 Å². The van der Waals surface area contributed by atoms with Gasteiger partial charge in [0, 0.05) is 5.69 Å². The van der Waals surface area contributed by atoms with Gasteiger partial charge in [-0.3, -0.25) is 5.32 Å². The summed E-state index contributed by atoms with van der Waals surface area (Å²) in [5.74, 6) is -4.22. The van der Waals surface area contributed by atoms with E-state index in [1.165, 1.54) is 48.5 Å². The van der Waals surface area contributed by atoms with Gasteiger partial charge < -0.3 is 19.5 Å². The maximum atomic E-state index is 13.6. The first-order valence-corrected chi connectivity index (χ1v) is 8.14. The number of urea groups is 1. The molecule has 7 nitrogen and oxygen atoms in total. The van der Waals surface area contributed by atoms with Crippen LogP contribution in [0.25, 0.3) is 0 Å². The van der Waals surface area contributed by atoms with Gasteiger partial charge in [0.05, 0.1) is 12.2 Å². The van der Waals surface area contributed by atoms with E-state index >= 15 is 0 Å². The number of alkyl halides is 3. The second-order valence-electron chi connectivity index (χ2n) is 5.64. The highest BCUT2D eigenvalue weighted by atomic mass is 19.4. The quantitative estimate of drug-likeness (QED) is 0.771. The summed E-state index contributed by atoms with van der Waals surface area (Å²) < 4.78 is 55.2. The van der Waals surface area contributed by atoms with E-state index in [2.05, 4.69) is 5.32 Å². The molecule has 0 saturated heterocycles. The lowest BCUT2D eigenvalue weighted by Crippen LogP contribution is -2.65. The third-order valence-electron chi connectivity index (χ3n) is 3.66. The number of benzene rings is 2. The fourth-order valence-corrected chi connectivity index (χ4v) is 2.40. The third kappa shape index (κ3) is 3.80. The van der Waals surface area contributed by atoms with Crippen molar-refractivity contribution in [2.75, 3.05) is 11.9 Å². The van der Waals surface area contributed by atoms with Crippen LogP contribution in [0.15, 0.2) is 48.5 Å². The van der Waals surface area contributed by atoms with E-state index < -0.39 is 24.1 Å². The number of esters is 1. The van der Waals surface area contributed by atoms with Crippen LogP contribution in [0.5, 0.6) is 11.5 Å². The van der Waals surface area contributed by atoms with Crippen LogP contribution in [0.4, 0.5) is 23.7 Å². The summed E-state index contributed by atoms with van der Waals surface area (Å²) in [5.41, 5.74) is 0.385. The van der Waals surface area contributed by atoms with Gasteiger partial charge in [0.2, 0.25) is 0 Å². The van der Waals surface area contributed by atoms with Crippen molar-refractivity contribution in [1.29, 1.82) is 0 Å². The fraction of sp³-hybridized carbons (Fsp3) is 0.222. The predicted molar refractivity (Wildman–Crippen MR) is 91.0 cm³/mol. The number of anilines is 1. The number of halogens is 3. The van der Waals surface area contributed by atoms with Gasteiger partial charge in [0.25, 0.3) is 0 Å². The van der Waals surface area contributed by atoms with Crippen molar-refractivity contribution in [2.24, 2.45) is 0 Å². The van der Waals surface area contributed by atoms with Gasteiger partial charge in [-0.2, -0.15) is 13.2 Å². The molecule has 1 aliphatic rings. The fourth-order valence-electron chi connectivity index (χ4n) is 2.40. The molecule has 0 bridgehead atoms. The molecule has 2 aromatic carbocycles. The molecule has 2 N–H and O–H groups in total. The van der Waals surface area contributed by atoms with Crippen LogP contribution < -0.4 is 20.1 Å². The molecule has 1 heterocycles. The first-order chi connectivity index (χ1) is 13.2. The standard InChI is InChI=1S/C18H15F3N2O5/c1-2-26-15(24)11-7-9-12(10-8-11)22-16(25)23-18(17(19,20)21)27-13-5-3-4-6-14(13)28-18/h3-10H,2H2,1H3,(H2,22,23,25). The Balaban J connectivity index is 1.71. The maximum absolute atomic E-state index is 13.6. The second-order valence-corrected chi connectivity index (χ2v) is 5.64. The summed E-state index contributed by atoms with van der Waals surface area (Å²) in [5, 5.41) is 3.90. The van der Waals surface area contributed by atoms with Crippen molar-refractivity contribution in [1.82, 2.24) is 5.32 Å². The number of hydrogen-bond acceptors (Lipinski definition) is 5. The van der Waals surface area contributed by atoms with Gasteiger partial charge in [-0.05, 0) is 43.3 Å². The Labute approximate surface area is 157 Å². The zero-order chi connectivity index (χ0) is 20.4. The monoisotopic (exact) mass is 396 g/mol. The van der Waals surface area contributed by atoms with Crippen LogP contribution in [0.2, 0.25) is 0 Å². The lowest BCUT2D eigenvalue weighted by atomic mass is 10.2. The van der Waals surface area contributed by atoms with Gasteiger partial charge in [-0.15, -0.1) is 0 Å². The van der Waals surface area contributed by atoms with Crippen molar-refractivity contribution < 1.29 is 37.0 Å². The molecule has 10 heteroatoms. The Bertz CT molecular complexity index is 859. The average Bonchev–Trinajstić information content (AvgIpc) is 3.01. The molecule has 2 amide bonds. The molecule has 0 aliphatic carbocycles. The average molecular weight is 396 g/mol. The van der Waals surface area contributed by atoms with Gasteiger partial charge >= 0.3 is 24.1 Å². The number of para-hydroxylation sites is 2. The highest BCUT2D eigenvalue weighted by Crippen LogP contribution is 2.44. The first kappa shape index (κ1) is 19.3. The zero-order valence-electron chi connectivity index (χ0n) is 14.5. The van der Waals surface area contributed by atoms with Crippen LogP contribution in [0.1, 0.15) is 17.3 Å². The smallest absolute Gasteiger partial charge is 0.462 e. The first-order valence-electron chi connectivity index (χ1n) is 8.14. The van der Waals surface area contributed by atoms with Crippen LogP contribution in [-0.2, 0) is 4.74 Å². The highest BCUT2D eigenvalue weighted by molar-refractivity contribution is 5.92. The number of amides is 2. The number of carbonyl (C=O) groups is 2. The summed E-state index contributed by atoms with van der Waals surface area (Å²) in [6, 6.07) is 9.73. The number of nitrogens with one attached hydrogen (secondary N) is 2. The van der Waals surface area contributed by atoms with E-state index in [-0.39, 0.29) is 29.4 Å². The lowest BCUT2D eigenvalue weighted by molar-refractivity contribution is -0.317. The van der Waals surface area contributed by atoms with Crippen LogP contribution >= 0.6 is 0 Å². The normalized spacial score (nSPS) is 14.3. The Morgan fingerprint density at radius 1 is 1.04 bits per heavy atom. The van der Waals surface area contributed by atoms with Gasteiger partial charge in [-0.25, -0.2) is 9.59 Å². The molecule has 0 atom stereocenters. The molecule has 3 rings (SSSR count). The molecule has 0 spiro atoms. The molecule has 2 aromatic rings. The van der Waals surface area contributed by atoms with E-state index in [1.807, 2.05) is 0 Å². The summed E-state index contributed by atoms with van der Waals surface area (Å²) in [7, 11) is 0. The van der Waals surface area contributed by atoms with E-state index in [9.17, 15) is 22.8 Å². The van der Waals surface area contributed by atoms with Crippen molar-refractivity contribution in [3.8, 4) is 11.5 Å². The van der Waals surface area contributed by atoms with E-state index in [0.717, 1.165) is 0 Å². The number of carbonyl (C=O) groups excluding carboxylic acids is 2. The topological polar surface area (TPSA) is 85.9 Å². The lowest BCUT2D eigenvalue weighted by Gasteiger charge is -2.29. The summed E-state index contributed by atoms with van der Waals surface area (Å²) >= 11 is 0. The molecule has 0 fully saturated rings. The molecule has 148 valence electrons. The van der Waals surface area contributed by atoms with Crippen molar-refractivity contribution >= 4 is 17.7 Å². The maximum Gasteiger partial charge on any atom is 0.492 e. The third-order valence-corrected chi connectivity index (χ3v) is 3.66. The molecule has 0 saturated carbocycles. The minimum atomic E-state index is -5.06.